The number of hydrogen-bond donors (Lipinski definition) is 2. The maximum atomic E-state index is 11.0. The van der Waals surface area contributed by atoms with Gasteiger partial charge in [-0.1, -0.05) is 27.4 Å². The molecule has 2 aromatic rings. The van der Waals surface area contributed by atoms with Crippen LogP contribution in [0.5, 0.6) is 11.5 Å². The molecule has 0 heterocycles. The van der Waals surface area contributed by atoms with Crippen LogP contribution >= 0.6 is 0 Å². The van der Waals surface area contributed by atoms with Crippen molar-refractivity contribution in [1.29, 1.82) is 0 Å². The molecule has 0 amide bonds. The molecule has 0 aromatic heterocycles. The van der Waals surface area contributed by atoms with E-state index in [1.807, 2.05) is 31.2 Å². The van der Waals surface area contributed by atoms with Crippen molar-refractivity contribution < 1.29 is 19.7 Å². The average Bonchev–Trinajstić information content (AvgIpc) is 2.59. The van der Waals surface area contributed by atoms with Crippen LogP contribution in [0.3, 0.4) is 0 Å². The Bertz CT molecular complexity index is 860. The molecule has 28 heavy (non-hydrogen) atoms. The fraction of sp³-hybridized carbons (Fsp3) is 0.417. The van der Waals surface area contributed by atoms with Crippen LogP contribution in [0.4, 0.5) is 0 Å². The van der Waals surface area contributed by atoms with Crippen LogP contribution in [0, 0.1) is 0 Å². The Morgan fingerprint density at radius 1 is 0.893 bits per heavy atom. The summed E-state index contributed by atoms with van der Waals surface area (Å²) < 4.78 is 10.6. The molecule has 0 atom stereocenters. The van der Waals surface area contributed by atoms with E-state index in [1.54, 1.807) is 14.2 Å². The predicted octanol–water partition coefficient (Wildman–Crippen LogP) is 5.31. The quantitative estimate of drug-likeness (QED) is 0.679. The zero-order valence-corrected chi connectivity index (χ0v) is 17.8. The third-order valence-corrected chi connectivity index (χ3v) is 4.77. The molecule has 4 nitrogen and oxygen atoms in total. The van der Waals surface area contributed by atoms with Crippen molar-refractivity contribution in [1.82, 2.24) is 0 Å². The van der Waals surface area contributed by atoms with Gasteiger partial charge >= 0.3 is 0 Å². The molecule has 0 aliphatic heterocycles. The molecule has 0 aliphatic carbocycles. The van der Waals surface area contributed by atoms with E-state index in [0.717, 1.165) is 33.4 Å². The largest absolute Gasteiger partial charge is 0.507 e. The van der Waals surface area contributed by atoms with Crippen molar-refractivity contribution in [3.8, 4) is 11.5 Å². The second-order valence-corrected chi connectivity index (χ2v) is 8.38. The maximum Gasteiger partial charge on any atom is 0.126 e. The van der Waals surface area contributed by atoms with Gasteiger partial charge in [0.1, 0.15) is 11.5 Å². The van der Waals surface area contributed by atoms with Gasteiger partial charge < -0.3 is 19.7 Å². The van der Waals surface area contributed by atoms with Crippen molar-refractivity contribution in [3.05, 3.63) is 64.2 Å². The highest BCUT2D eigenvalue weighted by molar-refractivity contribution is 5.69. The maximum absolute atomic E-state index is 11.0. The third-order valence-electron chi connectivity index (χ3n) is 4.77. The van der Waals surface area contributed by atoms with Crippen molar-refractivity contribution in [3.63, 3.8) is 0 Å². The summed E-state index contributed by atoms with van der Waals surface area (Å²) in [6.07, 6.45) is 0.399. The van der Waals surface area contributed by atoms with Gasteiger partial charge in [-0.2, -0.15) is 0 Å². The van der Waals surface area contributed by atoms with E-state index in [2.05, 4.69) is 27.4 Å². The van der Waals surface area contributed by atoms with E-state index in [4.69, 9.17) is 9.47 Å². The summed E-state index contributed by atoms with van der Waals surface area (Å²) in [5, 5.41) is 21.8. The van der Waals surface area contributed by atoms with Crippen molar-refractivity contribution in [2.75, 3.05) is 14.2 Å². The van der Waals surface area contributed by atoms with Gasteiger partial charge in [0.15, 0.2) is 0 Å². The van der Waals surface area contributed by atoms with Crippen LogP contribution in [0.25, 0.3) is 5.57 Å². The van der Waals surface area contributed by atoms with E-state index in [-0.39, 0.29) is 16.9 Å². The molecule has 0 fully saturated rings. The molecular weight excluding hydrogens is 352 g/mol. The second-order valence-electron chi connectivity index (χ2n) is 8.38. The Labute approximate surface area is 168 Å². The fourth-order valence-corrected chi connectivity index (χ4v) is 3.39. The fourth-order valence-electron chi connectivity index (χ4n) is 3.39. The van der Waals surface area contributed by atoms with Crippen molar-refractivity contribution in [2.24, 2.45) is 0 Å². The molecule has 0 unspecified atom stereocenters. The summed E-state index contributed by atoms with van der Waals surface area (Å²) in [6.45, 7) is 12.9. The molecular formula is C24H32O4. The van der Waals surface area contributed by atoms with Crippen LogP contribution < -0.4 is 0 Å². The number of phenolic OH excluding ortho intramolecular Hbond substituents is 2. The summed E-state index contributed by atoms with van der Waals surface area (Å²) in [7, 11) is 3.30. The van der Waals surface area contributed by atoms with Gasteiger partial charge in [0.2, 0.25) is 0 Å². The summed E-state index contributed by atoms with van der Waals surface area (Å²) in [4.78, 5) is 0. The lowest BCUT2D eigenvalue weighted by Gasteiger charge is -2.24. The van der Waals surface area contributed by atoms with Crippen LogP contribution in [0.2, 0.25) is 0 Å². The van der Waals surface area contributed by atoms with E-state index in [0.29, 0.717) is 25.2 Å². The lowest BCUT2D eigenvalue weighted by molar-refractivity contribution is 0.184. The molecule has 4 heteroatoms. The molecule has 2 rings (SSSR count). The highest BCUT2D eigenvalue weighted by Crippen LogP contribution is 2.38. The highest BCUT2D eigenvalue weighted by atomic mass is 16.5. The molecule has 0 saturated carbocycles. The summed E-state index contributed by atoms with van der Waals surface area (Å²) >= 11 is 0. The monoisotopic (exact) mass is 384 g/mol. The Morgan fingerprint density at radius 3 is 1.86 bits per heavy atom. The molecule has 0 spiro atoms. The highest BCUT2D eigenvalue weighted by Gasteiger charge is 2.22. The number of aromatic hydroxyl groups is 2. The molecule has 0 radical (unpaired) electrons. The summed E-state index contributed by atoms with van der Waals surface area (Å²) in [5.41, 5.74) is 5.58. The summed E-state index contributed by atoms with van der Waals surface area (Å²) in [6, 6.07) is 7.75. The minimum atomic E-state index is -0.217. The van der Waals surface area contributed by atoms with E-state index >= 15 is 0 Å². The number of methoxy groups -OCH3 is 2. The van der Waals surface area contributed by atoms with Crippen LogP contribution in [0.1, 0.15) is 61.1 Å². The zero-order chi connectivity index (χ0) is 21.1. The Kier molecular flexibility index (Phi) is 6.91. The molecule has 2 N–H and O–H groups in total. The van der Waals surface area contributed by atoms with Crippen LogP contribution in [-0.4, -0.2) is 24.4 Å². The Morgan fingerprint density at radius 2 is 1.39 bits per heavy atom. The van der Waals surface area contributed by atoms with Gasteiger partial charge in [0, 0.05) is 26.2 Å². The number of allylic oxidation sites excluding steroid dienone is 1. The van der Waals surface area contributed by atoms with Gasteiger partial charge in [-0.15, -0.1) is 0 Å². The van der Waals surface area contributed by atoms with Gasteiger partial charge in [-0.25, -0.2) is 0 Å². The minimum Gasteiger partial charge on any atom is -0.507 e. The molecule has 152 valence electrons. The topological polar surface area (TPSA) is 58.9 Å². The van der Waals surface area contributed by atoms with E-state index in [1.165, 1.54) is 0 Å². The number of rotatable bonds is 7. The third kappa shape index (κ3) is 4.94. The van der Waals surface area contributed by atoms with E-state index in [9.17, 15) is 10.2 Å². The second kappa shape index (κ2) is 8.80. The van der Waals surface area contributed by atoms with Crippen molar-refractivity contribution >= 4 is 5.57 Å². The number of phenols is 2. The Balaban J connectivity index is 2.61. The predicted molar refractivity (Wildman–Crippen MR) is 114 cm³/mol. The van der Waals surface area contributed by atoms with Gasteiger partial charge in [0.05, 0.1) is 13.2 Å². The minimum absolute atomic E-state index is 0.196. The molecule has 0 aliphatic rings. The first kappa shape index (κ1) is 22.0. The SMILES string of the molecule is C=C(C)c1cc(COC)cc(Cc2cc(COC)cc(C(C)(C)C)c2O)c1O. The first-order valence-electron chi connectivity index (χ1n) is 9.42. The lowest BCUT2D eigenvalue weighted by Crippen LogP contribution is -2.13. The normalized spacial score (nSPS) is 11.6. The van der Waals surface area contributed by atoms with Gasteiger partial charge in [-0.3, -0.25) is 0 Å². The zero-order valence-electron chi connectivity index (χ0n) is 17.8. The van der Waals surface area contributed by atoms with Crippen LogP contribution in [-0.2, 0) is 34.5 Å². The Hall–Kier alpha value is -2.30. The number of ether oxygens (including phenoxy) is 2. The number of benzene rings is 2. The number of hydrogen-bond acceptors (Lipinski definition) is 4. The summed E-state index contributed by atoms with van der Waals surface area (Å²) in [5.74, 6) is 0.460. The van der Waals surface area contributed by atoms with Crippen molar-refractivity contribution in [2.45, 2.75) is 52.7 Å². The molecule has 0 bridgehead atoms. The molecule has 2 aromatic carbocycles. The van der Waals surface area contributed by atoms with Crippen LogP contribution in [0.15, 0.2) is 30.8 Å². The molecule has 0 saturated heterocycles. The first-order valence-corrected chi connectivity index (χ1v) is 9.42. The van der Waals surface area contributed by atoms with E-state index < -0.39 is 0 Å². The standard InChI is InChI=1S/C24H32O4/c1-15(2)20-10-16(13-27-6)8-18(22(20)25)12-19-9-17(14-28-7)11-21(23(19)26)24(3,4)5/h8-11,25-26H,1,12-14H2,2-7H3. The lowest BCUT2D eigenvalue weighted by atomic mass is 9.83. The van der Waals surface area contributed by atoms with Gasteiger partial charge in [-0.05, 0) is 70.0 Å². The first-order chi connectivity index (χ1) is 13.1. The average molecular weight is 385 g/mol. The van der Waals surface area contributed by atoms with Gasteiger partial charge in [0.25, 0.3) is 0 Å². The smallest absolute Gasteiger partial charge is 0.126 e.